The number of hydrogen-bond acceptors (Lipinski definition) is 2. The van der Waals surface area contributed by atoms with Crippen molar-refractivity contribution >= 4 is 23.7 Å². The van der Waals surface area contributed by atoms with E-state index in [4.69, 9.17) is 0 Å². The van der Waals surface area contributed by atoms with E-state index >= 15 is 0 Å². The summed E-state index contributed by atoms with van der Waals surface area (Å²) >= 11 is 1.64. The van der Waals surface area contributed by atoms with Crippen molar-refractivity contribution in [1.82, 2.24) is 0 Å². The molecule has 1 aliphatic rings. The SMILES string of the molecule is O=[C-]C1=Cc2scc[n+]2C1.[Y]. The smallest absolute Gasteiger partial charge is 0.181 e. The van der Waals surface area contributed by atoms with Crippen molar-refractivity contribution < 1.29 is 42.1 Å². The standard InChI is InChI=1S/C7H5NOS.Y/c9-5-6-3-7-8(4-6)1-2-10-7;/h1-3H,4H2;. The maximum atomic E-state index is 10.2. The Kier molecular flexibility index (Phi) is 3.10. The molecule has 0 bridgehead atoms. The molecule has 0 saturated heterocycles. The molecule has 2 rings (SSSR count). The molecule has 0 unspecified atom stereocenters. The molecule has 0 atom stereocenters. The van der Waals surface area contributed by atoms with Crippen molar-refractivity contribution in [1.29, 1.82) is 0 Å². The number of allylic oxidation sites excluding steroid dienone is 1. The van der Waals surface area contributed by atoms with E-state index < -0.39 is 0 Å². The van der Waals surface area contributed by atoms with Crippen LogP contribution in [0.4, 0.5) is 0 Å². The first-order valence-electron chi connectivity index (χ1n) is 2.96. The third-order valence-electron chi connectivity index (χ3n) is 1.48. The quantitative estimate of drug-likeness (QED) is 0.518. The molecule has 1 radical (unpaired) electrons. The van der Waals surface area contributed by atoms with E-state index in [0.717, 1.165) is 10.6 Å². The molecule has 4 heteroatoms. The second-order valence-corrected chi connectivity index (χ2v) is 3.07. The molecule has 2 heterocycles. The second-order valence-electron chi connectivity index (χ2n) is 2.14. The minimum absolute atomic E-state index is 0. The molecule has 0 aliphatic carbocycles. The number of nitrogens with zero attached hydrogens (tertiary/aromatic N) is 1. The van der Waals surface area contributed by atoms with Gasteiger partial charge in [-0.15, -0.1) is 11.6 Å². The third-order valence-corrected chi connectivity index (χ3v) is 2.33. The van der Waals surface area contributed by atoms with Gasteiger partial charge in [-0.1, -0.05) is 11.3 Å². The average Bonchev–Trinajstić information content (AvgIpc) is 2.42. The molecular formula is C7H5NOSY. The minimum Gasteiger partial charge on any atom is -0.418 e. The Bertz CT molecular complexity index is 305. The van der Waals surface area contributed by atoms with E-state index in [-0.39, 0.29) is 32.7 Å². The summed E-state index contributed by atoms with van der Waals surface area (Å²) in [6.45, 7) is 0.697. The fourth-order valence-electron chi connectivity index (χ4n) is 1.00. The topological polar surface area (TPSA) is 20.9 Å². The van der Waals surface area contributed by atoms with Crippen LogP contribution in [0.5, 0.6) is 0 Å². The van der Waals surface area contributed by atoms with Crippen LogP contribution < -0.4 is 4.57 Å². The number of aromatic nitrogens is 1. The van der Waals surface area contributed by atoms with Crippen LogP contribution in [0.1, 0.15) is 5.01 Å². The van der Waals surface area contributed by atoms with Crippen molar-refractivity contribution in [3.8, 4) is 0 Å². The van der Waals surface area contributed by atoms with Gasteiger partial charge < -0.3 is 4.79 Å². The summed E-state index contributed by atoms with van der Waals surface area (Å²) in [6.07, 6.45) is 5.74. The van der Waals surface area contributed by atoms with Gasteiger partial charge in [-0.2, -0.15) is 0 Å². The zero-order valence-electron chi connectivity index (χ0n) is 5.78. The van der Waals surface area contributed by atoms with Gasteiger partial charge in [0.25, 0.3) is 0 Å². The molecule has 1 aromatic heterocycles. The Hall–Kier alpha value is 0.144. The Morgan fingerprint density at radius 2 is 2.45 bits per heavy atom. The summed E-state index contributed by atoms with van der Waals surface area (Å²) in [5, 5.41) is 3.14. The molecule has 1 aromatic rings. The van der Waals surface area contributed by atoms with E-state index in [1.165, 1.54) is 0 Å². The van der Waals surface area contributed by atoms with Gasteiger partial charge in [0.1, 0.15) is 6.54 Å². The van der Waals surface area contributed by atoms with E-state index in [0.29, 0.717) is 6.54 Å². The fraction of sp³-hybridized carbons (Fsp3) is 0.143. The molecule has 0 spiro atoms. The average molecular weight is 240 g/mol. The fourth-order valence-corrected chi connectivity index (χ4v) is 1.82. The summed E-state index contributed by atoms with van der Waals surface area (Å²) in [7, 11) is 0. The normalized spacial score (nSPS) is 13.3. The van der Waals surface area contributed by atoms with E-state index in [9.17, 15) is 4.79 Å². The zero-order chi connectivity index (χ0) is 6.97. The van der Waals surface area contributed by atoms with Crippen LogP contribution >= 0.6 is 11.3 Å². The van der Waals surface area contributed by atoms with Crippen LogP contribution in [0, 0.1) is 0 Å². The van der Waals surface area contributed by atoms with Crippen molar-refractivity contribution in [3.63, 3.8) is 0 Å². The maximum absolute atomic E-state index is 10.2. The molecule has 0 amide bonds. The summed E-state index contributed by atoms with van der Waals surface area (Å²) < 4.78 is 2.03. The van der Waals surface area contributed by atoms with Gasteiger partial charge in [-0.25, -0.2) is 4.57 Å². The Morgan fingerprint density at radius 1 is 1.64 bits per heavy atom. The summed E-state index contributed by atoms with van der Waals surface area (Å²) in [4.78, 5) is 10.2. The maximum Gasteiger partial charge on any atom is 0.181 e. The zero-order valence-corrected chi connectivity index (χ0v) is 9.44. The van der Waals surface area contributed by atoms with Crippen molar-refractivity contribution in [2.45, 2.75) is 6.54 Å². The number of carbonyl (C=O) groups excluding carboxylic acids is 1. The molecule has 2 nitrogen and oxygen atoms in total. The first-order valence-corrected chi connectivity index (χ1v) is 3.84. The molecule has 0 N–H and O–H groups in total. The number of fused-ring (bicyclic) bond motifs is 1. The van der Waals surface area contributed by atoms with Crippen LogP contribution in [-0.2, 0) is 44.0 Å². The molecule has 0 fully saturated rings. The first-order chi connectivity index (χ1) is 4.90. The van der Waals surface area contributed by atoms with E-state index in [1.54, 1.807) is 11.3 Å². The molecule has 11 heavy (non-hydrogen) atoms. The molecule has 0 aromatic carbocycles. The van der Waals surface area contributed by atoms with Gasteiger partial charge in [-0.05, 0) is 6.29 Å². The van der Waals surface area contributed by atoms with Gasteiger partial charge in [-0.3, -0.25) is 0 Å². The summed E-state index contributed by atoms with van der Waals surface area (Å²) in [5.74, 6) is 0. The predicted molar refractivity (Wildman–Crippen MR) is 38.2 cm³/mol. The predicted octanol–water partition coefficient (Wildman–Crippen LogP) is 0.540. The van der Waals surface area contributed by atoms with Crippen LogP contribution in [-0.4, -0.2) is 6.29 Å². The van der Waals surface area contributed by atoms with Crippen molar-refractivity contribution in [2.24, 2.45) is 0 Å². The van der Waals surface area contributed by atoms with Crippen molar-refractivity contribution in [3.05, 3.63) is 22.2 Å². The molecule has 1 aliphatic heterocycles. The van der Waals surface area contributed by atoms with Gasteiger partial charge in [0.2, 0.25) is 0 Å². The number of rotatable bonds is 1. The second kappa shape index (κ2) is 3.70. The third kappa shape index (κ3) is 1.66. The minimum atomic E-state index is 0. The Labute approximate surface area is 93.8 Å². The largest absolute Gasteiger partial charge is 0.418 e. The van der Waals surface area contributed by atoms with Crippen molar-refractivity contribution in [2.75, 3.05) is 0 Å². The number of thiazole rings is 1. The number of hydrogen-bond donors (Lipinski definition) is 0. The van der Waals surface area contributed by atoms with E-state index in [2.05, 4.69) is 0 Å². The van der Waals surface area contributed by atoms with Crippen LogP contribution in [0.15, 0.2) is 17.2 Å². The molecular weight excluding hydrogens is 235 g/mol. The van der Waals surface area contributed by atoms with E-state index in [1.807, 2.05) is 28.5 Å². The Balaban J connectivity index is 0.000000605. The van der Waals surface area contributed by atoms with Gasteiger partial charge in [0.05, 0.1) is 5.38 Å². The Morgan fingerprint density at radius 3 is 3.09 bits per heavy atom. The van der Waals surface area contributed by atoms with Crippen LogP contribution in [0.3, 0.4) is 0 Å². The van der Waals surface area contributed by atoms with Gasteiger partial charge in [0, 0.05) is 32.7 Å². The first kappa shape index (κ1) is 9.23. The van der Waals surface area contributed by atoms with Gasteiger partial charge in [0.15, 0.2) is 11.2 Å². The molecule has 0 saturated carbocycles. The monoisotopic (exact) mass is 240 g/mol. The summed E-state index contributed by atoms with van der Waals surface area (Å²) in [5.41, 5.74) is 0.742. The van der Waals surface area contributed by atoms with Crippen LogP contribution in [0.2, 0.25) is 0 Å². The van der Waals surface area contributed by atoms with Crippen LogP contribution in [0.25, 0.3) is 6.08 Å². The summed E-state index contributed by atoms with van der Waals surface area (Å²) in [6, 6.07) is 0. The molecule has 53 valence electrons. The van der Waals surface area contributed by atoms with Gasteiger partial charge >= 0.3 is 0 Å².